The van der Waals surface area contributed by atoms with Crippen LogP contribution in [-0.2, 0) is 11.3 Å². The molecule has 1 N–H and O–H groups in total. The van der Waals surface area contributed by atoms with E-state index < -0.39 is 0 Å². The van der Waals surface area contributed by atoms with Crippen LogP contribution in [0.1, 0.15) is 29.1 Å². The largest absolute Gasteiger partial charge is 0.461 e. The molecule has 0 aliphatic rings. The van der Waals surface area contributed by atoms with Gasteiger partial charge in [-0.25, -0.2) is 0 Å². The Morgan fingerprint density at radius 1 is 1.16 bits per heavy atom. The maximum absolute atomic E-state index is 11.6. The zero-order valence-corrected chi connectivity index (χ0v) is 10.3. The lowest BCUT2D eigenvalue weighted by Gasteiger charge is -2.03. The quantitative estimate of drug-likeness (QED) is 0.804. The second-order valence-corrected chi connectivity index (χ2v) is 4.00. The van der Waals surface area contributed by atoms with Crippen molar-refractivity contribution in [3.63, 3.8) is 0 Å². The van der Waals surface area contributed by atoms with Crippen molar-refractivity contribution < 1.29 is 14.0 Å². The van der Waals surface area contributed by atoms with Gasteiger partial charge in [0.2, 0.25) is 5.91 Å². The summed E-state index contributed by atoms with van der Waals surface area (Å²) >= 11 is 0. The highest BCUT2D eigenvalue weighted by molar-refractivity contribution is 5.95. The number of rotatable bonds is 6. The van der Waals surface area contributed by atoms with E-state index in [1.807, 2.05) is 18.2 Å². The fourth-order valence-electron chi connectivity index (χ4n) is 1.57. The van der Waals surface area contributed by atoms with E-state index in [4.69, 9.17) is 4.42 Å². The first-order chi connectivity index (χ1) is 9.25. The molecule has 2 aromatic heterocycles. The van der Waals surface area contributed by atoms with Gasteiger partial charge in [0.25, 0.3) is 0 Å². The molecule has 0 aliphatic carbocycles. The molecule has 98 valence electrons. The Kier molecular flexibility index (Phi) is 4.44. The van der Waals surface area contributed by atoms with E-state index in [-0.39, 0.29) is 30.3 Å². The van der Waals surface area contributed by atoms with Gasteiger partial charge in [-0.1, -0.05) is 6.07 Å². The molecule has 0 radical (unpaired) electrons. The molecule has 19 heavy (non-hydrogen) atoms. The molecule has 0 saturated heterocycles. The summed E-state index contributed by atoms with van der Waals surface area (Å²) in [6.07, 6.45) is 3.39. The van der Waals surface area contributed by atoms with E-state index in [0.717, 1.165) is 5.69 Å². The molecule has 0 fully saturated rings. The maximum atomic E-state index is 11.6. The molecule has 2 aromatic rings. The van der Waals surface area contributed by atoms with Gasteiger partial charge < -0.3 is 9.73 Å². The minimum absolute atomic E-state index is 0.140. The third-order valence-electron chi connectivity index (χ3n) is 2.57. The molecule has 5 nitrogen and oxygen atoms in total. The summed E-state index contributed by atoms with van der Waals surface area (Å²) < 4.78 is 4.97. The Labute approximate surface area is 110 Å². The van der Waals surface area contributed by atoms with Crippen LogP contribution in [0.4, 0.5) is 0 Å². The van der Waals surface area contributed by atoms with Gasteiger partial charge in [0.05, 0.1) is 18.5 Å². The molecular weight excluding hydrogens is 244 g/mol. The smallest absolute Gasteiger partial charge is 0.220 e. The Hall–Kier alpha value is -2.43. The first kappa shape index (κ1) is 13.0. The van der Waals surface area contributed by atoms with Gasteiger partial charge in [0, 0.05) is 19.0 Å². The van der Waals surface area contributed by atoms with Crippen LogP contribution in [0.15, 0.2) is 47.2 Å². The molecule has 2 rings (SSSR count). The number of ketones is 1. The summed E-state index contributed by atoms with van der Waals surface area (Å²) in [4.78, 5) is 27.3. The summed E-state index contributed by atoms with van der Waals surface area (Å²) in [5, 5.41) is 2.72. The van der Waals surface area contributed by atoms with Gasteiger partial charge in [-0.15, -0.1) is 0 Å². The number of carbonyl (C=O) groups is 2. The van der Waals surface area contributed by atoms with Gasteiger partial charge >= 0.3 is 0 Å². The number of pyridine rings is 1. The van der Waals surface area contributed by atoms with Crippen molar-refractivity contribution in [2.75, 3.05) is 0 Å². The normalized spacial score (nSPS) is 10.1. The first-order valence-electron chi connectivity index (χ1n) is 5.99. The monoisotopic (exact) mass is 258 g/mol. The minimum Gasteiger partial charge on any atom is -0.461 e. The predicted molar refractivity (Wildman–Crippen MR) is 68.4 cm³/mol. The van der Waals surface area contributed by atoms with Gasteiger partial charge in [0.1, 0.15) is 0 Å². The SMILES string of the molecule is O=C(CCC(=O)c1ccco1)NCc1ccccn1. The average Bonchev–Trinajstić information content (AvgIpc) is 2.98. The van der Waals surface area contributed by atoms with Crippen molar-refractivity contribution in [2.45, 2.75) is 19.4 Å². The molecular formula is C14H14N2O3. The lowest BCUT2D eigenvalue weighted by atomic mass is 10.2. The van der Waals surface area contributed by atoms with Crippen LogP contribution < -0.4 is 5.32 Å². The summed E-state index contributed by atoms with van der Waals surface area (Å²) in [5.41, 5.74) is 0.785. The van der Waals surface area contributed by atoms with Crippen molar-refractivity contribution in [3.8, 4) is 0 Å². The first-order valence-corrected chi connectivity index (χ1v) is 5.99. The molecule has 0 bridgehead atoms. The molecule has 1 amide bonds. The third-order valence-corrected chi connectivity index (χ3v) is 2.57. The lowest BCUT2D eigenvalue weighted by molar-refractivity contribution is -0.121. The summed E-state index contributed by atoms with van der Waals surface area (Å²) in [5.74, 6) is -0.0546. The van der Waals surface area contributed by atoms with Gasteiger partial charge in [-0.05, 0) is 24.3 Å². The van der Waals surface area contributed by atoms with Crippen LogP contribution in [0.2, 0.25) is 0 Å². The van der Waals surface area contributed by atoms with Crippen molar-refractivity contribution >= 4 is 11.7 Å². The number of hydrogen-bond acceptors (Lipinski definition) is 4. The highest BCUT2D eigenvalue weighted by atomic mass is 16.3. The lowest BCUT2D eigenvalue weighted by Crippen LogP contribution is -2.23. The van der Waals surface area contributed by atoms with Crippen LogP contribution in [0, 0.1) is 0 Å². The van der Waals surface area contributed by atoms with E-state index in [9.17, 15) is 9.59 Å². The Morgan fingerprint density at radius 3 is 2.74 bits per heavy atom. The molecule has 0 unspecified atom stereocenters. The van der Waals surface area contributed by atoms with Gasteiger partial charge in [-0.2, -0.15) is 0 Å². The fourth-order valence-corrected chi connectivity index (χ4v) is 1.57. The standard InChI is InChI=1S/C14H14N2O3/c17-12(13-5-3-9-19-13)6-7-14(18)16-10-11-4-1-2-8-15-11/h1-5,8-9H,6-7,10H2,(H,16,18). The van der Waals surface area contributed by atoms with Crippen molar-refractivity contribution in [2.24, 2.45) is 0 Å². The predicted octanol–water partition coefficient (Wildman–Crippen LogP) is 1.95. The van der Waals surface area contributed by atoms with Crippen molar-refractivity contribution in [1.29, 1.82) is 0 Å². The highest BCUT2D eigenvalue weighted by Gasteiger charge is 2.11. The van der Waals surface area contributed by atoms with Gasteiger partial charge in [-0.3, -0.25) is 14.6 Å². The summed E-state index contributed by atoms with van der Waals surface area (Å²) in [6.45, 7) is 0.370. The number of aromatic nitrogens is 1. The zero-order valence-electron chi connectivity index (χ0n) is 10.3. The molecule has 5 heteroatoms. The average molecular weight is 258 g/mol. The number of Topliss-reactive ketones (excluding diaryl/α,β-unsaturated/α-hetero) is 1. The van der Waals surface area contributed by atoms with E-state index in [2.05, 4.69) is 10.3 Å². The Balaban J connectivity index is 1.72. The molecule has 2 heterocycles. The zero-order chi connectivity index (χ0) is 13.5. The maximum Gasteiger partial charge on any atom is 0.220 e. The molecule has 0 aromatic carbocycles. The van der Waals surface area contributed by atoms with Crippen LogP contribution in [-0.4, -0.2) is 16.7 Å². The third kappa shape index (κ3) is 4.06. The number of furan rings is 1. The number of nitrogens with one attached hydrogen (secondary N) is 1. The second kappa shape index (κ2) is 6.49. The number of hydrogen-bond donors (Lipinski definition) is 1. The Morgan fingerprint density at radius 2 is 2.05 bits per heavy atom. The van der Waals surface area contributed by atoms with Gasteiger partial charge in [0.15, 0.2) is 11.5 Å². The minimum atomic E-state index is -0.175. The molecule has 0 spiro atoms. The Bertz CT molecular complexity index is 535. The fraction of sp³-hybridized carbons (Fsp3) is 0.214. The van der Waals surface area contributed by atoms with Crippen LogP contribution in [0.3, 0.4) is 0 Å². The van der Waals surface area contributed by atoms with Crippen LogP contribution >= 0.6 is 0 Å². The second-order valence-electron chi connectivity index (χ2n) is 4.00. The summed E-state index contributed by atoms with van der Waals surface area (Å²) in [7, 11) is 0. The van der Waals surface area contributed by atoms with E-state index in [1.54, 1.807) is 18.3 Å². The van der Waals surface area contributed by atoms with E-state index >= 15 is 0 Å². The van der Waals surface area contributed by atoms with E-state index in [1.165, 1.54) is 6.26 Å². The van der Waals surface area contributed by atoms with Crippen LogP contribution in [0.25, 0.3) is 0 Å². The molecule has 0 saturated carbocycles. The molecule has 0 atom stereocenters. The van der Waals surface area contributed by atoms with Crippen molar-refractivity contribution in [3.05, 3.63) is 54.2 Å². The van der Waals surface area contributed by atoms with E-state index in [0.29, 0.717) is 6.54 Å². The van der Waals surface area contributed by atoms with Crippen LogP contribution in [0.5, 0.6) is 0 Å². The van der Waals surface area contributed by atoms with Crippen molar-refractivity contribution in [1.82, 2.24) is 10.3 Å². The number of carbonyl (C=O) groups excluding carboxylic acids is 2. The number of nitrogens with zero attached hydrogens (tertiary/aromatic N) is 1. The topological polar surface area (TPSA) is 72.2 Å². The highest BCUT2D eigenvalue weighted by Crippen LogP contribution is 2.06. The summed E-state index contributed by atoms with van der Waals surface area (Å²) in [6, 6.07) is 8.74. The molecule has 0 aliphatic heterocycles. The number of amides is 1.